The molecule has 4 rings (SSSR count). The molecule has 0 radical (unpaired) electrons. The summed E-state index contributed by atoms with van der Waals surface area (Å²) in [6, 6.07) is 8.63. The Bertz CT molecular complexity index is 621. The Kier molecular flexibility index (Phi) is 5.32. The van der Waals surface area contributed by atoms with Crippen molar-refractivity contribution in [1.82, 2.24) is 4.90 Å². The van der Waals surface area contributed by atoms with Gasteiger partial charge < -0.3 is 14.4 Å². The minimum atomic E-state index is 0.000803. The number of amides is 1. The van der Waals surface area contributed by atoms with Gasteiger partial charge in [-0.15, -0.1) is 0 Å². The summed E-state index contributed by atoms with van der Waals surface area (Å²) in [7, 11) is 0. The van der Waals surface area contributed by atoms with Gasteiger partial charge in [-0.25, -0.2) is 0 Å². The van der Waals surface area contributed by atoms with Gasteiger partial charge in [0.2, 0.25) is 5.91 Å². The number of hydrogen-bond acceptors (Lipinski definition) is 3. The second-order valence-corrected chi connectivity index (χ2v) is 8.31. The van der Waals surface area contributed by atoms with Crippen LogP contribution < -0.4 is 0 Å². The van der Waals surface area contributed by atoms with E-state index in [4.69, 9.17) is 9.47 Å². The van der Waals surface area contributed by atoms with E-state index in [1.54, 1.807) is 0 Å². The molecule has 2 heterocycles. The highest BCUT2D eigenvalue weighted by molar-refractivity contribution is 5.77. The maximum Gasteiger partial charge on any atom is 0.222 e. The molecule has 142 valence electrons. The molecule has 4 heteroatoms. The van der Waals surface area contributed by atoms with Gasteiger partial charge in [-0.3, -0.25) is 4.79 Å². The molecule has 1 aliphatic carbocycles. The van der Waals surface area contributed by atoms with Gasteiger partial charge in [0.05, 0.1) is 12.7 Å². The lowest BCUT2D eigenvalue weighted by atomic mass is 9.73. The van der Waals surface area contributed by atoms with E-state index in [1.807, 2.05) is 6.92 Å². The normalized spacial score (nSPS) is 28.7. The topological polar surface area (TPSA) is 38.8 Å². The first-order valence-electron chi connectivity index (χ1n) is 10.2. The zero-order valence-corrected chi connectivity index (χ0v) is 15.9. The van der Waals surface area contributed by atoms with Crippen LogP contribution in [0.15, 0.2) is 24.3 Å². The predicted octanol–water partition coefficient (Wildman–Crippen LogP) is 3.23. The largest absolute Gasteiger partial charge is 0.381 e. The fourth-order valence-corrected chi connectivity index (χ4v) is 5.19. The van der Waals surface area contributed by atoms with Crippen LogP contribution in [0.4, 0.5) is 0 Å². The minimum absolute atomic E-state index is 0.000803. The van der Waals surface area contributed by atoms with E-state index in [0.29, 0.717) is 24.9 Å². The van der Waals surface area contributed by atoms with Crippen LogP contribution >= 0.6 is 0 Å². The smallest absolute Gasteiger partial charge is 0.222 e. The van der Waals surface area contributed by atoms with Crippen molar-refractivity contribution in [3.63, 3.8) is 0 Å². The van der Waals surface area contributed by atoms with Crippen molar-refractivity contribution < 1.29 is 14.3 Å². The lowest BCUT2D eigenvalue weighted by Crippen LogP contribution is -2.58. The van der Waals surface area contributed by atoms with E-state index in [2.05, 4.69) is 29.2 Å². The summed E-state index contributed by atoms with van der Waals surface area (Å²) in [5, 5.41) is 0. The van der Waals surface area contributed by atoms with Gasteiger partial charge in [0.25, 0.3) is 0 Å². The first-order chi connectivity index (χ1) is 12.7. The van der Waals surface area contributed by atoms with Crippen molar-refractivity contribution in [1.29, 1.82) is 0 Å². The molecule has 0 saturated carbocycles. The van der Waals surface area contributed by atoms with Gasteiger partial charge in [0, 0.05) is 38.1 Å². The van der Waals surface area contributed by atoms with Gasteiger partial charge in [-0.1, -0.05) is 24.3 Å². The third kappa shape index (κ3) is 3.54. The molecule has 2 saturated heterocycles. The number of nitrogens with zero attached hydrogens (tertiary/aromatic N) is 1. The Labute approximate surface area is 156 Å². The summed E-state index contributed by atoms with van der Waals surface area (Å²) < 4.78 is 11.9. The van der Waals surface area contributed by atoms with Crippen LogP contribution in [0.5, 0.6) is 0 Å². The Morgan fingerprint density at radius 3 is 2.81 bits per heavy atom. The first kappa shape index (κ1) is 18.0. The predicted molar refractivity (Wildman–Crippen MR) is 101 cm³/mol. The number of carbonyl (C=O) groups excluding carboxylic acids is 1. The molecule has 2 aliphatic heterocycles. The Hall–Kier alpha value is -1.39. The standard InChI is InChI=1S/C22H31NO3/c1-2-25-16-22-9-5-11-26-20(22)8-10-23(15-22)21(24)14-17-12-18-6-3-4-7-19(18)13-17/h3-4,6-7,17,20H,2,5,8-16H2,1H3/t20-,22-/m0/s1. The number of fused-ring (bicyclic) bond motifs is 2. The third-order valence-electron chi connectivity index (χ3n) is 6.53. The van der Waals surface area contributed by atoms with Crippen LogP contribution in [-0.2, 0) is 27.1 Å². The molecule has 0 bridgehead atoms. The van der Waals surface area contributed by atoms with Crippen LogP contribution in [0.25, 0.3) is 0 Å². The first-order valence-corrected chi connectivity index (χ1v) is 10.2. The van der Waals surface area contributed by atoms with E-state index < -0.39 is 0 Å². The van der Waals surface area contributed by atoms with E-state index in [1.165, 1.54) is 11.1 Å². The fraction of sp³-hybridized carbons (Fsp3) is 0.682. The molecule has 3 aliphatic rings. The summed E-state index contributed by atoms with van der Waals surface area (Å²) >= 11 is 0. The van der Waals surface area contributed by atoms with Crippen LogP contribution in [0, 0.1) is 11.3 Å². The lowest BCUT2D eigenvalue weighted by molar-refractivity contribution is -0.164. The van der Waals surface area contributed by atoms with E-state index >= 15 is 0 Å². The van der Waals surface area contributed by atoms with E-state index in [9.17, 15) is 4.79 Å². The lowest BCUT2D eigenvalue weighted by Gasteiger charge is -2.50. The summed E-state index contributed by atoms with van der Waals surface area (Å²) in [6.45, 7) is 5.97. The zero-order chi connectivity index (χ0) is 18.0. The molecule has 1 aromatic rings. The molecule has 0 aromatic heterocycles. The van der Waals surface area contributed by atoms with Crippen molar-refractivity contribution in [2.45, 2.75) is 51.6 Å². The summed E-state index contributed by atoms with van der Waals surface area (Å²) in [4.78, 5) is 15.1. The Balaban J connectivity index is 1.39. The molecule has 26 heavy (non-hydrogen) atoms. The highest BCUT2D eigenvalue weighted by Crippen LogP contribution is 2.41. The van der Waals surface area contributed by atoms with E-state index in [0.717, 1.165) is 58.4 Å². The van der Waals surface area contributed by atoms with Crippen molar-refractivity contribution in [3.8, 4) is 0 Å². The van der Waals surface area contributed by atoms with Crippen molar-refractivity contribution in [3.05, 3.63) is 35.4 Å². The monoisotopic (exact) mass is 357 g/mol. The van der Waals surface area contributed by atoms with Gasteiger partial charge in [0.1, 0.15) is 0 Å². The second kappa shape index (κ2) is 7.69. The molecule has 2 atom stereocenters. The molecular weight excluding hydrogens is 326 g/mol. The third-order valence-corrected chi connectivity index (χ3v) is 6.53. The Morgan fingerprint density at radius 2 is 2.08 bits per heavy atom. The SMILES string of the molecule is CCOC[C@@]12CCCO[C@H]1CCN(C(=O)CC1Cc3ccccc3C1)C2. The fourth-order valence-electron chi connectivity index (χ4n) is 5.19. The van der Waals surface area contributed by atoms with Gasteiger partial charge in [0.15, 0.2) is 0 Å². The number of benzene rings is 1. The molecule has 0 spiro atoms. The number of piperidine rings is 1. The average Bonchev–Trinajstić information content (AvgIpc) is 3.08. The molecule has 4 nitrogen and oxygen atoms in total. The quantitative estimate of drug-likeness (QED) is 0.812. The highest BCUT2D eigenvalue weighted by atomic mass is 16.5. The van der Waals surface area contributed by atoms with Crippen molar-refractivity contribution >= 4 is 5.91 Å². The van der Waals surface area contributed by atoms with Crippen molar-refractivity contribution in [2.75, 3.05) is 32.9 Å². The summed E-state index contributed by atoms with van der Waals surface area (Å²) in [6.07, 6.45) is 6.15. The Morgan fingerprint density at radius 1 is 1.31 bits per heavy atom. The molecule has 0 unspecified atom stereocenters. The van der Waals surface area contributed by atoms with Gasteiger partial charge >= 0.3 is 0 Å². The maximum absolute atomic E-state index is 13.0. The van der Waals surface area contributed by atoms with Crippen molar-refractivity contribution in [2.24, 2.45) is 11.3 Å². The van der Waals surface area contributed by atoms with Crippen LogP contribution in [-0.4, -0.2) is 49.8 Å². The maximum atomic E-state index is 13.0. The molecular formula is C22H31NO3. The number of ether oxygens (including phenoxy) is 2. The van der Waals surface area contributed by atoms with Crippen LogP contribution in [0.3, 0.4) is 0 Å². The van der Waals surface area contributed by atoms with Gasteiger partial charge in [-0.05, 0) is 56.1 Å². The number of rotatable bonds is 5. The molecule has 1 amide bonds. The second-order valence-electron chi connectivity index (χ2n) is 8.31. The summed E-state index contributed by atoms with van der Waals surface area (Å²) in [5.41, 5.74) is 2.86. The highest BCUT2D eigenvalue weighted by Gasteiger charge is 2.47. The molecule has 2 fully saturated rings. The number of likely N-dealkylation sites (tertiary alicyclic amines) is 1. The van der Waals surface area contributed by atoms with E-state index in [-0.39, 0.29) is 11.5 Å². The molecule has 0 N–H and O–H groups in total. The van der Waals surface area contributed by atoms with Gasteiger partial charge in [-0.2, -0.15) is 0 Å². The number of carbonyl (C=O) groups is 1. The molecule has 1 aromatic carbocycles. The zero-order valence-electron chi connectivity index (χ0n) is 15.9. The minimum Gasteiger partial charge on any atom is -0.381 e. The number of hydrogen-bond donors (Lipinski definition) is 0. The van der Waals surface area contributed by atoms with Crippen LogP contribution in [0.2, 0.25) is 0 Å². The average molecular weight is 357 g/mol. The summed E-state index contributed by atoms with van der Waals surface area (Å²) in [5.74, 6) is 0.783. The van der Waals surface area contributed by atoms with Crippen LogP contribution in [0.1, 0.15) is 43.7 Å².